The van der Waals surface area contributed by atoms with Gasteiger partial charge in [-0.15, -0.1) is 0 Å². The van der Waals surface area contributed by atoms with Crippen LogP contribution in [0.4, 0.5) is 0 Å². The third kappa shape index (κ3) is 2.52. The summed E-state index contributed by atoms with van der Waals surface area (Å²) in [5, 5.41) is 5.28. The van der Waals surface area contributed by atoms with E-state index in [0.29, 0.717) is 12.1 Å². The highest BCUT2D eigenvalue weighted by Gasteiger charge is 2.06. The van der Waals surface area contributed by atoms with E-state index in [-0.39, 0.29) is 5.91 Å². The van der Waals surface area contributed by atoms with Crippen molar-refractivity contribution in [2.45, 2.75) is 6.54 Å². The molecule has 1 N–H and O–H groups in total. The minimum Gasteiger partial charge on any atom is -0.348 e. The molecule has 20 heavy (non-hydrogen) atoms. The Balaban J connectivity index is 1.79. The molecule has 0 saturated heterocycles. The Bertz CT molecular complexity index is 733. The van der Waals surface area contributed by atoms with Gasteiger partial charge in [-0.3, -0.25) is 9.78 Å². The van der Waals surface area contributed by atoms with Gasteiger partial charge < -0.3 is 5.32 Å². The van der Waals surface area contributed by atoms with Crippen LogP contribution >= 0.6 is 0 Å². The Morgan fingerprint density at radius 1 is 1.00 bits per heavy atom. The Morgan fingerprint density at radius 3 is 2.70 bits per heavy atom. The van der Waals surface area contributed by atoms with E-state index >= 15 is 0 Å². The van der Waals surface area contributed by atoms with Gasteiger partial charge in [0.25, 0.3) is 5.91 Å². The second-order valence-corrected chi connectivity index (χ2v) is 4.56. The van der Waals surface area contributed by atoms with Crippen LogP contribution in [0.25, 0.3) is 10.8 Å². The van der Waals surface area contributed by atoms with Gasteiger partial charge in [0.2, 0.25) is 0 Å². The van der Waals surface area contributed by atoms with Gasteiger partial charge in [-0.1, -0.05) is 42.5 Å². The van der Waals surface area contributed by atoms with E-state index in [4.69, 9.17) is 0 Å². The lowest BCUT2D eigenvalue weighted by atomic mass is 10.0. The first kappa shape index (κ1) is 12.4. The molecule has 2 aromatic carbocycles. The summed E-state index contributed by atoms with van der Waals surface area (Å²) < 4.78 is 0. The van der Waals surface area contributed by atoms with Crippen molar-refractivity contribution >= 4 is 16.7 Å². The number of nitrogens with one attached hydrogen (secondary N) is 1. The van der Waals surface area contributed by atoms with Gasteiger partial charge in [-0.2, -0.15) is 0 Å². The highest BCUT2D eigenvalue weighted by Crippen LogP contribution is 2.18. The second kappa shape index (κ2) is 5.53. The molecule has 0 saturated carbocycles. The van der Waals surface area contributed by atoms with E-state index < -0.39 is 0 Å². The van der Waals surface area contributed by atoms with Crippen molar-refractivity contribution in [3.05, 3.63) is 78.1 Å². The summed E-state index contributed by atoms with van der Waals surface area (Å²) in [5.74, 6) is -0.106. The molecule has 1 amide bonds. The SMILES string of the molecule is O=C(NCc1cccc2ccccc12)c1cccnc1. The van der Waals surface area contributed by atoms with Gasteiger partial charge in [0.1, 0.15) is 0 Å². The van der Waals surface area contributed by atoms with Crippen molar-refractivity contribution in [3.63, 3.8) is 0 Å². The van der Waals surface area contributed by atoms with Crippen LogP contribution in [0.2, 0.25) is 0 Å². The smallest absolute Gasteiger partial charge is 0.253 e. The van der Waals surface area contributed by atoms with Gasteiger partial charge in [0, 0.05) is 18.9 Å². The highest BCUT2D eigenvalue weighted by atomic mass is 16.1. The predicted molar refractivity (Wildman–Crippen MR) is 79.4 cm³/mol. The number of pyridine rings is 1. The van der Waals surface area contributed by atoms with Gasteiger partial charge in [-0.25, -0.2) is 0 Å². The molecular formula is C17H14N2O. The lowest BCUT2D eigenvalue weighted by molar-refractivity contribution is 0.0950. The average Bonchev–Trinajstić information content (AvgIpc) is 2.53. The molecule has 0 fully saturated rings. The van der Waals surface area contributed by atoms with Crippen LogP contribution in [-0.4, -0.2) is 10.9 Å². The lowest BCUT2D eigenvalue weighted by Crippen LogP contribution is -2.22. The zero-order valence-corrected chi connectivity index (χ0v) is 10.9. The minimum absolute atomic E-state index is 0.106. The molecule has 1 aromatic heterocycles. The molecule has 0 bridgehead atoms. The third-order valence-electron chi connectivity index (χ3n) is 3.24. The van der Waals surface area contributed by atoms with Gasteiger partial charge in [-0.05, 0) is 28.5 Å². The van der Waals surface area contributed by atoms with Gasteiger partial charge in [0.05, 0.1) is 5.56 Å². The number of nitrogens with zero attached hydrogens (tertiary/aromatic N) is 1. The number of aromatic nitrogens is 1. The van der Waals surface area contributed by atoms with Crippen molar-refractivity contribution in [3.8, 4) is 0 Å². The van der Waals surface area contributed by atoms with Crippen LogP contribution in [-0.2, 0) is 6.54 Å². The van der Waals surface area contributed by atoms with Crippen molar-refractivity contribution in [2.24, 2.45) is 0 Å². The molecule has 98 valence electrons. The molecule has 1 heterocycles. The number of benzene rings is 2. The molecule has 0 aliphatic carbocycles. The lowest BCUT2D eigenvalue weighted by Gasteiger charge is -2.08. The maximum Gasteiger partial charge on any atom is 0.253 e. The third-order valence-corrected chi connectivity index (χ3v) is 3.24. The first-order valence-corrected chi connectivity index (χ1v) is 6.49. The fourth-order valence-electron chi connectivity index (χ4n) is 2.22. The van der Waals surface area contributed by atoms with Gasteiger partial charge >= 0.3 is 0 Å². The molecule has 0 radical (unpaired) electrons. The zero-order chi connectivity index (χ0) is 13.8. The first-order valence-electron chi connectivity index (χ1n) is 6.49. The Kier molecular flexibility index (Phi) is 3.42. The van der Waals surface area contributed by atoms with Crippen molar-refractivity contribution in [2.75, 3.05) is 0 Å². The quantitative estimate of drug-likeness (QED) is 0.787. The normalized spacial score (nSPS) is 10.4. The van der Waals surface area contributed by atoms with Crippen LogP contribution in [0.5, 0.6) is 0 Å². The molecule has 0 spiro atoms. The monoisotopic (exact) mass is 262 g/mol. The fraction of sp³-hybridized carbons (Fsp3) is 0.0588. The fourth-order valence-corrected chi connectivity index (χ4v) is 2.22. The summed E-state index contributed by atoms with van der Waals surface area (Å²) in [5.41, 5.74) is 1.69. The molecular weight excluding hydrogens is 248 g/mol. The van der Waals surface area contributed by atoms with E-state index in [1.165, 1.54) is 10.8 Å². The van der Waals surface area contributed by atoms with Crippen LogP contribution < -0.4 is 5.32 Å². The average molecular weight is 262 g/mol. The highest BCUT2D eigenvalue weighted by molar-refractivity contribution is 5.94. The number of hydrogen-bond acceptors (Lipinski definition) is 2. The van der Waals surface area contributed by atoms with E-state index in [1.807, 2.05) is 24.3 Å². The zero-order valence-electron chi connectivity index (χ0n) is 10.9. The number of hydrogen-bond donors (Lipinski definition) is 1. The van der Waals surface area contributed by atoms with E-state index in [0.717, 1.165) is 5.56 Å². The minimum atomic E-state index is -0.106. The molecule has 0 aliphatic rings. The Labute approximate surface area is 117 Å². The summed E-state index contributed by atoms with van der Waals surface area (Å²) >= 11 is 0. The molecule has 3 rings (SSSR count). The van der Waals surface area contributed by atoms with Crippen LogP contribution in [0.15, 0.2) is 67.0 Å². The summed E-state index contributed by atoms with van der Waals surface area (Å²) in [4.78, 5) is 16.0. The van der Waals surface area contributed by atoms with Crippen molar-refractivity contribution in [1.82, 2.24) is 10.3 Å². The molecule has 3 nitrogen and oxygen atoms in total. The summed E-state index contributed by atoms with van der Waals surface area (Å²) in [6.45, 7) is 0.509. The number of fused-ring (bicyclic) bond motifs is 1. The molecule has 0 unspecified atom stereocenters. The molecule has 3 heteroatoms. The van der Waals surface area contributed by atoms with Crippen molar-refractivity contribution < 1.29 is 4.79 Å². The van der Waals surface area contributed by atoms with Crippen LogP contribution in [0.3, 0.4) is 0 Å². The number of amides is 1. The maximum atomic E-state index is 12.0. The Hall–Kier alpha value is -2.68. The second-order valence-electron chi connectivity index (χ2n) is 4.56. The van der Waals surface area contributed by atoms with Gasteiger partial charge in [0.15, 0.2) is 0 Å². The van der Waals surface area contributed by atoms with Crippen molar-refractivity contribution in [1.29, 1.82) is 0 Å². The molecule has 0 atom stereocenters. The topological polar surface area (TPSA) is 42.0 Å². The summed E-state index contributed by atoms with van der Waals surface area (Å²) in [7, 11) is 0. The largest absolute Gasteiger partial charge is 0.348 e. The molecule has 0 aliphatic heterocycles. The summed E-state index contributed by atoms with van der Waals surface area (Å²) in [6, 6.07) is 17.8. The molecule has 3 aromatic rings. The van der Waals surface area contributed by atoms with E-state index in [1.54, 1.807) is 24.5 Å². The Morgan fingerprint density at radius 2 is 1.85 bits per heavy atom. The number of carbonyl (C=O) groups excluding carboxylic acids is 1. The maximum absolute atomic E-state index is 12.0. The predicted octanol–water partition coefficient (Wildman–Crippen LogP) is 3.16. The van der Waals surface area contributed by atoms with Crippen LogP contribution in [0, 0.1) is 0 Å². The van der Waals surface area contributed by atoms with Crippen LogP contribution in [0.1, 0.15) is 15.9 Å². The van der Waals surface area contributed by atoms with E-state index in [2.05, 4.69) is 28.5 Å². The number of rotatable bonds is 3. The standard InChI is InChI=1S/C17H14N2O/c20-17(15-8-4-10-18-11-15)19-12-14-7-3-6-13-5-1-2-9-16(13)14/h1-11H,12H2,(H,19,20). The van der Waals surface area contributed by atoms with E-state index in [9.17, 15) is 4.79 Å². The number of carbonyl (C=O) groups is 1. The first-order chi connectivity index (χ1) is 9.84. The summed E-state index contributed by atoms with van der Waals surface area (Å²) in [6.07, 6.45) is 3.22.